The molecule has 0 bridgehead atoms. The molecular formula is C17H26N2O4. The molecule has 0 spiro atoms. The van der Waals surface area contributed by atoms with Crippen LogP contribution < -0.4 is 10.1 Å². The van der Waals surface area contributed by atoms with E-state index in [9.17, 15) is 15.0 Å². The van der Waals surface area contributed by atoms with Crippen LogP contribution in [0.2, 0.25) is 0 Å². The topological polar surface area (TPSA) is 91.7 Å². The van der Waals surface area contributed by atoms with Crippen LogP contribution in [0.4, 0.5) is 0 Å². The Balaban J connectivity index is 2.18. The number of aromatic hydroxyl groups is 1. The summed E-state index contributed by atoms with van der Waals surface area (Å²) in [4.78, 5) is 16.4. The van der Waals surface area contributed by atoms with Crippen molar-refractivity contribution < 1.29 is 19.7 Å². The number of pyridine rings is 1. The molecule has 1 amide bonds. The second-order valence-corrected chi connectivity index (χ2v) is 7.67. The number of rotatable bonds is 3. The summed E-state index contributed by atoms with van der Waals surface area (Å²) in [6.45, 7) is 8.00. The lowest BCUT2D eigenvalue weighted by molar-refractivity contribution is -0.0845. The van der Waals surface area contributed by atoms with E-state index in [1.54, 1.807) is 0 Å². The monoisotopic (exact) mass is 322 g/mol. The molecule has 1 aliphatic carbocycles. The van der Waals surface area contributed by atoms with Crippen molar-refractivity contribution in [3.63, 3.8) is 0 Å². The minimum Gasteiger partial charge on any atom is -0.503 e. The van der Waals surface area contributed by atoms with Gasteiger partial charge in [0.1, 0.15) is 0 Å². The number of aliphatic hydroxyl groups is 1. The van der Waals surface area contributed by atoms with Crippen molar-refractivity contribution in [2.45, 2.75) is 52.7 Å². The van der Waals surface area contributed by atoms with Gasteiger partial charge in [-0.2, -0.15) is 0 Å². The van der Waals surface area contributed by atoms with Crippen LogP contribution in [0.5, 0.6) is 11.5 Å². The average Bonchev–Trinajstić information content (AvgIpc) is 2.44. The largest absolute Gasteiger partial charge is 0.503 e. The maximum absolute atomic E-state index is 12.5. The summed E-state index contributed by atoms with van der Waals surface area (Å²) >= 11 is 0. The van der Waals surface area contributed by atoms with Crippen LogP contribution in [-0.4, -0.2) is 40.4 Å². The Morgan fingerprint density at radius 2 is 1.87 bits per heavy atom. The smallest absolute Gasteiger partial charge is 0.274 e. The van der Waals surface area contributed by atoms with Crippen LogP contribution in [0.3, 0.4) is 0 Å². The molecule has 1 saturated carbocycles. The number of aliphatic hydroxyl groups excluding tert-OH is 1. The van der Waals surface area contributed by atoms with Gasteiger partial charge >= 0.3 is 0 Å². The number of hydrogen-bond acceptors (Lipinski definition) is 5. The third kappa shape index (κ3) is 3.42. The van der Waals surface area contributed by atoms with Gasteiger partial charge in [0.05, 0.1) is 13.2 Å². The molecule has 1 aromatic rings. The van der Waals surface area contributed by atoms with E-state index in [0.717, 1.165) is 0 Å². The molecule has 1 aliphatic rings. The normalized spacial score (nSPS) is 25.7. The van der Waals surface area contributed by atoms with Crippen LogP contribution in [-0.2, 0) is 0 Å². The van der Waals surface area contributed by atoms with E-state index in [-0.39, 0.29) is 34.1 Å². The lowest BCUT2D eigenvalue weighted by atomic mass is 9.61. The zero-order valence-electron chi connectivity index (χ0n) is 14.4. The van der Waals surface area contributed by atoms with Gasteiger partial charge in [0.2, 0.25) is 0 Å². The average molecular weight is 322 g/mol. The van der Waals surface area contributed by atoms with Crippen LogP contribution in [0.25, 0.3) is 0 Å². The number of nitrogens with one attached hydrogen (secondary N) is 1. The first-order chi connectivity index (χ1) is 10.6. The highest BCUT2D eigenvalue weighted by atomic mass is 16.5. The molecule has 6 heteroatoms. The van der Waals surface area contributed by atoms with E-state index in [1.807, 2.05) is 27.7 Å². The summed E-state index contributed by atoms with van der Waals surface area (Å²) in [6, 6.07) is 1.40. The molecular weight excluding hydrogens is 296 g/mol. The van der Waals surface area contributed by atoms with Crippen molar-refractivity contribution in [1.29, 1.82) is 0 Å². The van der Waals surface area contributed by atoms with Crippen molar-refractivity contribution in [2.24, 2.45) is 10.8 Å². The second-order valence-electron chi connectivity index (χ2n) is 7.67. The van der Waals surface area contributed by atoms with E-state index < -0.39 is 12.0 Å². The second kappa shape index (κ2) is 6.00. The molecule has 0 aromatic carbocycles. The quantitative estimate of drug-likeness (QED) is 0.792. The zero-order chi connectivity index (χ0) is 17.4. The summed E-state index contributed by atoms with van der Waals surface area (Å²) < 4.78 is 5.00. The highest BCUT2D eigenvalue weighted by Gasteiger charge is 2.47. The Labute approximate surface area is 136 Å². The summed E-state index contributed by atoms with van der Waals surface area (Å²) in [5.41, 5.74) is -0.654. The number of methoxy groups -OCH3 is 1. The molecule has 1 heterocycles. The number of hydrogen-bond donors (Lipinski definition) is 3. The maximum atomic E-state index is 12.5. The van der Waals surface area contributed by atoms with Gasteiger partial charge in [0.15, 0.2) is 17.2 Å². The van der Waals surface area contributed by atoms with Crippen LogP contribution >= 0.6 is 0 Å². The van der Waals surface area contributed by atoms with Gasteiger partial charge in [-0.05, 0) is 23.7 Å². The molecule has 1 fully saturated rings. The van der Waals surface area contributed by atoms with E-state index >= 15 is 0 Å². The van der Waals surface area contributed by atoms with Gasteiger partial charge in [-0.25, -0.2) is 4.98 Å². The first-order valence-electron chi connectivity index (χ1n) is 7.79. The third-order valence-electron chi connectivity index (χ3n) is 4.68. The van der Waals surface area contributed by atoms with Crippen molar-refractivity contribution in [2.75, 3.05) is 7.11 Å². The van der Waals surface area contributed by atoms with Crippen molar-refractivity contribution in [1.82, 2.24) is 10.3 Å². The SMILES string of the molecule is COc1ccnc(C(=O)NC2CC(C)(C)C(O)C(C)(C)C2)c1O. The predicted molar refractivity (Wildman–Crippen MR) is 86.5 cm³/mol. The molecule has 0 saturated heterocycles. The molecule has 23 heavy (non-hydrogen) atoms. The van der Waals surface area contributed by atoms with Crippen molar-refractivity contribution in [3.05, 3.63) is 18.0 Å². The minimum absolute atomic E-state index is 0.0499. The van der Waals surface area contributed by atoms with E-state index in [1.165, 1.54) is 19.4 Å². The van der Waals surface area contributed by atoms with Crippen LogP contribution in [0.1, 0.15) is 51.0 Å². The van der Waals surface area contributed by atoms with Gasteiger partial charge in [-0.1, -0.05) is 27.7 Å². The number of ether oxygens (including phenoxy) is 1. The summed E-state index contributed by atoms with van der Waals surface area (Å²) in [5.74, 6) is -0.485. The summed E-state index contributed by atoms with van der Waals surface area (Å²) in [7, 11) is 1.42. The molecule has 0 unspecified atom stereocenters. The maximum Gasteiger partial charge on any atom is 0.274 e. The number of aromatic nitrogens is 1. The Kier molecular flexibility index (Phi) is 4.57. The number of carbonyl (C=O) groups is 1. The minimum atomic E-state index is -0.438. The fraction of sp³-hybridized carbons (Fsp3) is 0.647. The number of carbonyl (C=O) groups excluding carboxylic acids is 1. The fourth-order valence-corrected chi connectivity index (χ4v) is 3.75. The highest BCUT2D eigenvalue weighted by Crippen LogP contribution is 2.46. The Bertz CT molecular complexity index is 580. The standard InChI is InChI=1S/C17H26N2O4/c1-16(2)8-10(9-17(3,4)15(16)22)19-14(21)12-13(20)11(23-5)6-7-18-12/h6-7,10,15,20,22H,8-9H2,1-5H3,(H,19,21). The molecule has 6 nitrogen and oxygen atoms in total. The summed E-state index contributed by atoms with van der Waals surface area (Å²) in [5, 5.41) is 23.4. The van der Waals surface area contributed by atoms with Gasteiger partial charge in [0, 0.05) is 18.3 Å². The third-order valence-corrected chi connectivity index (χ3v) is 4.68. The van der Waals surface area contributed by atoms with Crippen molar-refractivity contribution >= 4 is 5.91 Å². The molecule has 0 atom stereocenters. The summed E-state index contributed by atoms with van der Waals surface area (Å²) in [6.07, 6.45) is 2.31. The Hall–Kier alpha value is -1.82. The van der Waals surface area contributed by atoms with Gasteiger partial charge in [-0.15, -0.1) is 0 Å². The van der Waals surface area contributed by atoms with E-state index in [0.29, 0.717) is 12.8 Å². The van der Waals surface area contributed by atoms with Crippen molar-refractivity contribution in [3.8, 4) is 11.5 Å². The fourth-order valence-electron chi connectivity index (χ4n) is 3.75. The number of nitrogens with zero attached hydrogens (tertiary/aromatic N) is 1. The first-order valence-corrected chi connectivity index (χ1v) is 7.79. The molecule has 1 aromatic heterocycles. The Morgan fingerprint density at radius 3 is 2.39 bits per heavy atom. The predicted octanol–water partition coefficient (Wildman–Crippen LogP) is 2.10. The van der Waals surface area contributed by atoms with Crippen LogP contribution in [0.15, 0.2) is 12.3 Å². The molecule has 128 valence electrons. The van der Waals surface area contributed by atoms with E-state index in [4.69, 9.17) is 4.74 Å². The number of amides is 1. The lowest BCUT2D eigenvalue weighted by Gasteiger charge is -2.49. The van der Waals surface area contributed by atoms with Gasteiger partial charge in [-0.3, -0.25) is 4.79 Å². The molecule has 2 rings (SSSR count). The van der Waals surface area contributed by atoms with Gasteiger partial charge in [0.25, 0.3) is 5.91 Å². The van der Waals surface area contributed by atoms with Gasteiger partial charge < -0.3 is 20.3 Å². The van der Waals surface area contributed by atoms with Crippen LogP contribution in [0, 0.1) is 10.8 Å². The Morgan fingerprint density at radius 1 is 1.30 bits per heavy atom. The molecule has 3 N–H and O–H groups in total. The highest BCUT2D eigenvalue weighted by molar-refractivity contribution is 5.95. The van der Waals surface area contributed by atoms with E-state index in [2.05, 4.69) is 10.3 Å². The molecule has 0 aliphatic heterocycles. The molecule has 0 radical (unpaired) electrons. The zero-order valence-corrected chi connectivity index (χ0v) is 14.4. The first kappa shape index (κ1) is 17.5. The lowest BCUT2D eigenvalue weighted by Crippen LogP contribution is -2.54.